The maximum absolute atomic E-state index is 11.7. The molecule has 2 N–H and O–H groups in total. The Balaban J connectivity index is 2.04. The van der Waals surface area contributed by atoms with Crippen molar-refractivity contribution in [1.82, 2.24) is 20.4 Å². The molecular formula is C9H10N6OS. The van der Waals surface area contributed by atoms with Crippen LogP contribution in [0.1, 0.15) is 17.4 Å². The predicted octanol–water partition coefficient (Wildman–Crippen LogP) is 1.01. The Hall–Kier alpha value is -2.09. The molecule has 0 spiro atoms. The van der Waals surface area contributed by atoms with Gasteiger partial charge in [0.25, 0.3) is 5.91 Å². The van der Waals surface area contributed by atoms with Crippen LogP contribution in [-0.2, 0) is 0 Å². The summed E-state index contributed by atoms with van der Waals surface area (Å²) in [6.07, 6.45) is 0. The smallest absolute Gasteiger partial charge is 0.278 e. The van der Waals surface area contributed by atoms with E-state index in [4.69, 9.17) is 0 Å². The zero-order valence-corrected chi connectivity index (χ0v) is 9.86. The third-order valence-corrected chi connectivity index (χ3v) is 2.44. The van der Waals surface area contributed by atoms with Gasteiger partial charge in [0.2, 0.25) is 5.13 Å². The molecule has 0 aliphatic heterocycles. The van der Waals surface area contributed by atoms with Crippen LogP contribution < -0.4 is 10.6 Å². The molecule has 2 aromatic rings. The second kappa shape index (κ2) is 5.30. The van der Waals surface area contributed by atoms with E-state index in [1.165, 1.54) is 16.8 Å². The Bertz CT molecular complexity index is 483. The number of carbonyl (C=O) groups is 1. The minimum Gasteiger partial charge on any atom is -0.369 e. The van der Waals surface area contributed by atoms with E-state index in [9.17, 15) is 4.79 Å². The molecule has 2 rings (SSSR count). The molecule has 1 amide bonds. The van der Waals surface area contributed by atoms with Crippen molar-refractivity contribution < 1.29 is 4.79 Å². The lowest BCUT2D eigenvalue weighted by atomic mass is 10.3. The fourth-order valence-corrected chi connectivity index (χ4v) is 1.56. The average molecular weight is 250 g/mol. The highest BCUT2D eigenvalue weighted by Gasteiger charge is 2.09. The van der Waals surface area contributed by atoms with Crippen LogP contribution in [0.3, 0.4) is 0 Å². The number of aromatic nitrogens is 4. The molecule has 0 atom stereocenters. The molecular weight excluding hydrogens is 240 g/mol. The first-order chi connectivity index (χ1) is 8.29. The van der Waals surface area contributed by atoms with Crippen molar-refractivity contribution in [1.29, 1.82) is 0 Å². The fourth-order valence-electron chi connectivity index (χ4n) is 1.12. The zero-order valence-electron chi connectivity index (χ0n) is 9.04. The molecule has 0 aromatic carbocycles. The van der Waals surface area contributed by atoms with Gasteiger partial charge in [0.1, 0.15) is 11.3 Å². The summed E-state index contributed by atoms with van der Waals surface area (Å²) in [5, 5.41) is 21.0. The van der Waals surface area contributed by atoms with Gasteiger partial charge in [-0.15, -0.1) is 20.4 Å². The molecule has 0 bridgehead atoms. The second-order valence-electron chi connectivity index (χ2n) is 3.03. The Morgan fingerprint density at radius 3 is 2.82 bits per heavy atom. The van der Waals surface area contributed by atoms with E-state index in [0.29, 0.717) is 10.9 Å². The molecule has 0 fully saturated rings. The Morgan fingerprint density at radius 2 is 2.24 bits per heavy atom. The van der Waals surface area contributed by atoms with Crippen molar-refractivity contribution >= 4 is 28.2 Å². The minimum absolute atomic E-state index is 0.238. The predicted molar refractivity (Wildman–Crippen MR) is 64.1 cm³/mol. The number of anilines is 2. The van der Waals surface area contributed by atoms with Crippen LogP contribution in [0.5, 0.6) is 0 Å². The summed E-state index contributed by atoms with van der Waals surface area (Å²) in [4.78, 5) is 11.7. The molecule has 7 nitrogen and oxygen atoms in total. The molecule has 88 valence electrons. The van der Waals surface area contributed by atoms with Gasteiger partial charge in [-0.2, -0.15) is 0 Å². The standard InChI is InChI=1S/C9H10N6OS/c1-2-10-7-4-3-6(13-14-7)8(16)12-9-15-11-5-17-9/h3-5H,2H2,1H3,(H,10,14)(H,12,15,16). The normalized spacial score (nSPS) is 9.94. The fraction of sp³-hybridized carbons (Fsp3) is 0.222. The van der Waals surface area contributed by atoms with Crippen LogP contribution in [0.25, 0.3) is 0 Å². The van der Waals surface area contributed by atoms with Crippen LogP contribution in [0.2, 0.25) is 0 Å². The summed E-state index contributed by atoms with van der Waals surface area (Å²) < 4.78 is 0. The van der Waals surface area contributed by atoms with Crippen LogP contribution in [0.15, 0.2) is 17.6 Å². The first kappa shape index (κ1) is 11.4. The number of nitrogens with zero attached hydrogens (tertiary/aromatic N) is 4. The van der Waals surface area contributed by atoms with E-state index in [2.05, 4.69) is 31.0 Å². The third kappa shape index (κ3) is 2.94. The lowest BCUT2D eigenvalue weighted by Gasteiger charge is -2.02. The van der Waals surface area contributed by atoms with E-state index in [1.807, 2.05) is 6.92 Å². The van der Waals surface area contributed by atoms with Gasteiger partial charge in [0, 0.05) is 6.54 Å². The van der Waals surface area contributed by atoms with Gasteiger partial charge in [-0.25, -0.2) is 0 Å². The van der Waals surface area contributed by atoms with Crippen molar-refractivity contribution in [3.8, 4) is 0 Å². The third-order valence-electron chi connectivity index (χ3n) is 1.84. The van der Waals surface area contributed by atoms with Crippen molar-refractivity contribution in [2.45, 2.75) is 6.92 Å². The molecule has 2 heterocycles. The summed E-state index contributed by atoms with van der Waals surface area (Å²) in [5.41, 5.74) is 1.78. The molecule has 2 aromatic heterocycles. The molecule has 0 unspecified atom stereocenters. The monoisotopic (exact) mass is 250 g/mol. The molecule has 0 saturated heterocycles. The first-order valence-electron chi connectivity index (χ1n) is 4.94. The molecule has 8 heteroatoms. The van der Waals surface area contributed by atoms with Gasteiger partial charge in [0.15, 0.2) is 5.69 Å². The highest BCUT2D eigenvalue weighted by molar-refractivity contribution is 7.13. The maximum Gasteiger partial charge on any atom is 0.278 e. The maximum atomic E-state index is 11.7. The van der Waals surface area contributed by atoms with E-state index in [0.717, 1.165) is 6.54 Å². The number of amides is 1. The van der Waals surface area contributed by atoms with Crippen molar-refractivity contribution in [3.63, 3.8) is 0 Å². The van der Waals surface area contributed by atoms with Crippen LogP contribution in [0.4, 0.5) is 10.9 Å². The molecule has 0 aliphatic carbocycles. The van der Waals surface area contributed by atoms with Crippen LogP contribution in [0, 0.1) is 0 Å². The molecule has 0 aliphatic rings. The van der Waals surface area contributed by atoms with Gasteiger partial charge >= 0.3 is 0 Å². The summed E-state index contributed by atoms with van der Waals surface area (Å²) in [6, 6.07) is 3.30. The van der Waals surface area contributed by atoms with Crippen molar-refractivity contribution in [3.05, 3.63) is 23.3 Å². The SMILES string of the molecule is CCNc1ccc(C(=O)Nc2nncs2)nn1. The second-order valence-corrected chi connectivity index (χ2v) is 3.87. The van der Waals surface area contributed by atoms with Gasteiger partial charge in [-0.1, -0.05) is 11.3 Å². The quantitative estimate of drug-likeness (QED) is 0.841. The highest BCUT2D eigenvalue weighted by atomic mass is 32.1. The lowest BCUT2D eigenvalue weighted by molar-refractivity contribution is 0.102. The topological polar surface area (TPSA) is 92.7 Å². The van der Waals surface area contributed by atoms with Gasteiger partial charge < -0.3 is 5.32 Å². The number of nitrogens with one attached hydrogen (secondary N) is 2. The first-order valence-corrected chi connectivity index (χ1v) is 5.82. The molecule has 17 heavy (non-hydrogen) atoms. The summed E-state index contributed by atoms with van der Waals surface area (Å²) in [7, 11) is 0. The number of rotatable bonds is 4. The van der Waals surface area contributed by atoms with Gasteiger partial charge in [-0.05, 0) is 19.1 Å². The largest absolute Gasteiger partial charge is 0.369 e. The molecule has 0 radical (unpaired) electrons. The average Bonchev–Trinajstić information content (AvgIpc) is 2.83. The van der Waals surface area contributed by atoms with E-state index in [1.54, 1.807) is 12.1 Å². The van der Waals surface area contributed by atoms with Gasteiger partial charge in [-0.3, -0.25) is 10.1 Å². The van der Waals surface area contributed by atoms with Crippen molar-refractivity contribution in [2.24, 2.45) is 0 Å². The number of hydrogen-bond donors (Lipinski definition) is 2. The van der Waals surface area contributed by atoms with E-state index in [-0.39, 0.29) is 11.6 Å². The van der Waals surface area contributed by atoms with Crippen molar-refractivity contribution in [2.75, 3.05) is 17.2 Å². The van der Waals surface area contributed by atoms with Gasteiger partial charge in [0.05, 0.1) is 0 Å². The number of hydrogen-bond acceptors (Lipinski definition) is 7. The highest BCUT2D eigenvalue weighted by Crippen LogP contribution is 2.10. The Morgan fingerprint density at radius 1 is 1.35 bits per heavy atom. The zero-order chi connectivity index (χ0) is 12.1. The summed E-state index contributed by atoms with van der Waals surface area (Å²) >= 11 is 1.24. The summed E-state index contributed by atoms with van der Waals surface area (Å²) in [5.74, 6) is 0.289. The van der Waals surface area contributed by atoms with E-state index >= 15 is 0 Å². The number of carbonyl (C=O) groups excluding carboxylic acids is 1. The van der Waals surface area contributed by atoms with Crippen LogP contribution in [-0.4, -0.2) is 32.8 Å². The molecule has 0 saturated carbocycles. The Labute approximate surface area is 101 Å². The van der Waals surface area contributed by atoms with E-state index < -0.39 is 0 Å². The summed E-state index contributed by atoms with van der Waals surface area (Å²) in [6.45, 7) is 2.71. The lowest BCUT2D eigenvalue weighted by Crippen LogP contribution is -2.14. The minimum atomic E-state index is -0.350. The van der Waals surface area contributed by atoms with Crippen LogP contribution >= 0.6 is 11.3 Å². The Kier molecular flexibility index (Phi) is 3.55.